The van der Waals surface area contributed by atoms with Crippen LogP contribution in [0.15, 0.2) is 30.3 Å². The molecular weight excluding hydrogens is 314 g/mol. The number of hydrogen-bond acceptors (Lipinski definition) is 4. The number of nitrogens with one attached hydrogen (secondary N) is 1. The van der Waals surface area contributed by atoms with Crippen molar-refractivity contribution in [1.82, 2.24) is 15.1 Å². The second kappa shape index (κ2) is 7.85. The number of benzene rings is 1. The maximum absolute atomic E-state index is 12.4. The molecule has 3 rings (SSSR count). The molecule has 2 N–H and O–H groups in total. The van der Waals surface area contributed by atoms with Gasteiger partial charge >= 0.3 is 0 Å². The summed E-state index contributed by atoms with van der Waals surface area (Å²) < 4.78 is 0. The predicted octanol–water partition coefficient (Wildman–Crippen LogP) is 1.22. The number of carbonyl (C=O) groups is 1. The monoisotopic (exact) mass is 345 g/mol. The Morgan fingerprint density at radius 1 is 1.32 bits per heavy atom. The summed E-state index contributed by atoms with van der Waals surface area (Å²) in [4.78, 5) is 16.9. The van der Waals surface area contributed by atoms with Gasteiger partial charge in [-0.3, -0.25) is 14.6 Å². The minimum Gasteiger partial charge on any atom is -0.392 e. The van der Waals surface area contributed by atoms with Crippen molar-refractivity contribution < 1.29 is 9.90 Å². The van der Waals surface area contributed by atoms with E-state index in [1.165, 1.54) is 5.56 Å². The Morgan fingerprint density at radius 2 is 2.04 bits per heavy atom. The van der Waals surface area contributed by atoms with Gasteiger partial charge in [-0.05, 0) is 32.3 Å². The molecule has 2 atom stereocenters. The average molecular weight is 345 g/mol. The van der Waals surface area contributed by atoms with Gasteiger partial charge in [0, 0.05) is 44.2 Å². The summed E-state index contributed by atoms with van der Waals surface area (Å²) in [5.74, 6) is 0.124. The zero-order chi connectivity index (χ0) is 17.9. The van der Waals surface area contributed by atoms with Crippen LogP contribution in [-0.2, 0) is 10.2 Å². The topological polar surface area (TPSA) is 55.8 Å². The number of piperazine rings is 1. The number of amides is 1. The first-order valence-corrected chi connectivity index (χ1v) is 9.45. The van der Waals surface area contributed by atoms with Crippen LogP contribution in [0.5, 0.6) is 0 Å². The number of rotatable bonds is 7. The quantitative estimate of drug-likeness (QED) is 0.780. The van der Waals surface area contributed by atoms with Gasteiger partial charge in [-0.2, -0.15) is 0 Å². The largest absolute Gasteiger partial charge is 0.392 e. The van der Waals surface area contributed by atoms with Crippen LogP contribution in [0.1, 0.15) is 32.3 Å². The Labute approximate surface area is 151 Å². The molecule has 0 aromatic heterocycles. The van der Waals surface area contributed by atoms with E-state index in [0.717, 1.165) is 39.0 Å². The van der Waals surface area contributed by atoms with E-state index in [2.05, 4.69) is 46.3 Å². The molecule has 138 valence electrons. The van der Waals surface area contributed by atoms with Crippen molar-refractivity contribution in [3.8, 4) is 0 Å². The number of aliphatic hydroxyl groups is 1. The zero-order valence-corrected chi connectivity index (χ0v) is 15.4. The highest BCUT2D eigenvalue weighted by molar-refractivity contribution is 5.78. The smallest absolute Gasteiger partial charge is 0.234 e. The van der Waals surface area contributed by atoms with Gasteiger partial charge < -0.3 is 10.4 Å². The molecule has 0 bridgehead atoms. The molecule has 0 radical (unpaired) electrons. The summed E-state index contributed by atoms with van der Waals surface area (Å²) >= 11 is 0. The van der Waals surface area contributed by atoms with Crippen molar-refractivity contribution in [3.63, 3.8) is 0 Å². The first-order chi connectivity index (χ1) is 12.0. The minimum absolute atomic E-state index is 0.124. The van der Waals surface area contributed by atoms with E-state index >= 15 is 0 Å². The Hall–Kier alpha value is -1.43. The van der Waals surface area contributed by atoms with Gasteiger partial charge in [0.1, 0.15) is 0 Å². The van der Waals surface area contributed by atoms with Gasteiger partial charge in [-0.1, -0.05) is 30.3 Å². The molecule has 1 aliphatic heterocycles. The molecule has 0 spiro atoms. The Bertz CT molecular complexity index is 572. The molecule has 1 saturated heterocycles. The fourth-order valence-corrected chi connectivity index (χ4v) is 3.86. The molecule has 1 amide bonds. The van der Waals surface area contributed by atoms with Gasteiger partial charge in [0.15, 0.2) is 0 Å². The molecule has 1 aliphatic carbocycles. The highest BCUT2D eigenvalue weighted by Gasteiger charge is 2.44. The molecule has 25 heavy (non-hydrogen) atoms. The zero-order valence-electron chi connectivity index (χ0n) is 15.4. The maximum Gasteiger partial charge on any atom is 0.234 e. The lowest BCUT2D eigenvalue weighted by atomic mass is 9.96. The molecule has 1 heterocycles. The molecule has 1 saturated carbocycles. The first kappa shape index (κ1) is 18.4. The van der Waals surface area contributed by atoms with Crippen molar-refractivity contribution in [2.75, 3.05) is 39.3 Å². The van der Waals surface area contributed by atoms with Crippen molar-refractivity contribution in [3.05, 3.63) is 35.9 Å². The maximum atomic E-state index is 12.4. The molecule has 1 aromatic rings. The summed E-state index contributed by atoms with van der Waals surface area (Å²) in [5.41, 5.74) is 1.51. The predicted molar refractivity (Wildman–Crippen MR) is 99.5 cm³/mol. The van der Waals surface area contributed by atoms with Crippen LogP contribution >= 0.6 is 0 Å². The summed E-state index contributed by atoms with van der Waals surface area (Å²) in [6.45, 7) is 8.59. The third kappa shape index (κ3) is 4.81. The lowest BCUT2D eigenvalue weighted by Gasteiger charge is -2.40. The minimum atomic E-state index is -0.301. The fraction of sp³-hybridized carbons (Fsp3) is 0.650. The van der Waals surface area contributed by atoms with E-state index in [0.29, 0.717) is 19.1 Å². The molecular formula is C20H31N3O2. The van der Waals surface area contributed by atoms with Gasteiger partial charge in [-0.25, -0.2) is 0 Å². The van der Waals surface area contributed by atoms with Gasteiger partial charge in [0.2, 0.25) is 5.91 Å². The molecule has 1 aromatic carbocycles. The number of carbonyl (C=O) groups excluding carboxylic acids is 1. The second-order valence-corrected chi connectivity index (χ2v) is 7.85. The number of hydrogen-bond donors (Lipinski definition) is 2. The van der Waals surface area contributed by atoms with Crippen molar-refractivity contribution >= 4 is 5.91 Å². The molecule has 0 unspecified atom stereocenters. The van der Waals surface area contributed by atoms with Crippen molar-refractivity contribution in [2.24, 2.45) is 0 Å². The number of nitrogens with zero attached hydrogens (tertiary/aromatic N) is 2. The lowest BCUT2D eigenvalue weighted by Crippen LogP contribution is -2.55. The van der Waals surface area contributed by atoms with Crippen LogP contribution in [0.2, 0.25) is 0 Å². The summed E-state index contributed by atoms with van der Waals surface area (Å²) in [6.07, 6.45) is 2.02. The van der Waals surface area contributed by atoms with Crippen molar-refractivity contribution in [2.45, 2.75) is 44.2 Å². The van der Waals surface area contributed by atoms with E-state index in [1.54, 1.807) is 0 Å². The number of β-amino-alcohol motifs (C(OH)–C–C–N with tert-alkyl or cyclic N) is 1. The highest BCUT2D eigenvalue weighted by Crippen LogP contribution is 2.47. The van der Waals surface area contributed by atoms with E-state index in [-0.39, 0.29) is 17.4 Å². The average Bonchev–Trinajstić information content (AvgIpc) is 3.37. The standard InChI is InChI=1S/C20H31N3O2/c1-16-12-22(10-11-23(16)13-17(2)24)14-19(25)21-15-20(8-9-20)18-6-4-3-5-7-18/h3-7,16-17,24H,8-15H2,1-2H3,(H,21,25)/t16-,17+/m0/s1. The Balaban J connectivity index is 1.43. The lowest BCUT2D eigenvalue weighted by molar-refractivity contribution is -0.123. The fourth-order valence-electron chi connectivity index (χ4n) is 3.86. The van der Waals surface area contributed by atoms with Gasteiger partial charge in [0.05, 0.1) is 12.6 Å². The summed E-state index contributed by atoms with van der Waals surface area (Å²) in [5, 5.41) is 12.7. The van der Waals surface area contributed by atoms with Crippen LogP contribution in [0.25, 0.3) is 0 Å². The van der Waals surface area contributed by atoms with Crippen LogP contribution in [0.3, 0.4) is 0 Å². The van der Waals surface area contributed by atoms with E-state index < -0.39 is 0 Å². The van der Waals surface area contributed by atoms with Crippen LogP contribution in [0.4, 0.5) is 0 Å². The molecule has 5 nitrogen and oxygen atoms in total. The Morgan fingerprint density at radius 3 is 2.64 bits per heavy atom. The number of aliphatic hydroxyl groups excluding tert-OH is 1. The molecule has 2 fully saturated rings. The van der Waals surface area contributed by atoms with Crippen LogP contribution in [0, 0.1) is 0 Å². The first-order valence-electron chi connectivity index (χ1n) is 9.45. The highest BCUT2D eigenvalue weighted by atomic mass is 16.3. The molecule has 2 aliphatic rings. The van der Waals surface area contributed by atoms with E-state index in [9.17, 15) is 9.90 Å². The van der Waals surface area contributed by atoms with Crippen LogP contribution < -0.4 is 5.32 Å². The SMILES string of the molecule is C[C@@H](O)CN1CCN(CC(=O)NCC2(c3ccccc3)CC2)C[C@@H]1C. The van der Waals surface area contributed by atoms with Crippen molar-refractivity contribution in [1.29, 1.82) is 0 Å². The van der Waals surface area contributed by atoms with Gasteiger partial charge in [0.25, 0.3) is 0 Å². The van der Waals surface area contributed by atoms with E-state index in [1.807, 2.05) is 13.0 Å². The van der Waals surface area contributed by atoms with Gasteiger partial charge in [-0.15, -0.1) is 0 Å². The third-order valence-electron chi connectivity index (χ3n) is 5.58. The van der Waals surface area contributed by atoms with E-state index in [4.69, 9.17) is 0 Å². The van der Waals surface area contributed by atoms with Crippen LogP contribution in [-0.4, -0.2) is 72.2 Å². The Kier molecular flexibility index (Phi) is 5.77. The summed E-state index contributed by atoms with van der Waals surface area (Å²) in [6, 6.07) is 10.9. The second-order valence-electron chi connectivity index (χ2n) is 7.85. The third-order valence-corrected chi connectivity index (χ3v) is 5.58. The molecule has 5 heteroatoms. The summed E-state index contributed by atoms with van der Waals surface area (Å²) in [7, 11) is 0. The normalized spacial score (nSPS) is 24.7.